The van der Waals surface area contributed by atoms with Gasteiger partial charge in [-0.05, 0) is 35.2 Å². The van der Waals surface area contributed by atoms with Crippen LogP contribution in [0, 0.1) is 5.92 Å². The van der Waals surface area contributed by atoms with Crippen molar-refractivity contribution < 1.29 is 0 Å². The number of nitrogens with one attached hydrogen (secondary N) is 1. The summed E-state index contributed by atoms with van der Waals surface area (Å²) in [6.07, 6.45) is 15.7. The lowest BCUT2D eigenvalue weighted by Gasteiger charge is -2.41. The van der Waals surface area contributed by atoms with E-state index in [0.717, 1.165) is 60.4 Å². The second-order valence-corrected chi connectivity index (χ2v) is 10.5. The molecular weight excluding hydrogens is 492 g/mol. The third kappa shape index (κ3) is 4.21. The number of anilines is 1. The van der Waals surface area contributed by atoms with Gasteiger partial charge in [-0.1, -0.05) is 91.0 Å². The Morgan fingerprint density at radius 2 is 1.55 bits per heavy atom. The van der Waals surface area contributed by atoms with E-state index in [-0.39, 0.29) is 5.92 Å². The Hall–Kier alpha value is -4.55. The highest BCUT2D eigenvalue weighted by molar-refractivity contribution is 5.92. The summed E-state index contributed by atoms with van der Waals surface area (Å²) in [6.45, 7) is 3.80. The van der Waals surface area contributed by atoms with Crippen LogP contribution in [0.4, 0.5) is 5.82 Å². The van der Waals surface area contributed by atoms with E-state index in [2.05, 4.69) is 129 Å². The van der Waals surface area contributed by atoms with Crippen LogP contribution in [0.1, 0.15) is 17.5 Å². The smallest absolute Gasteiger partial charge is 0.139 e. The molecular formula is C34H32N6. The maximum Gasteiger partial charge on any atom is 0.139 e. The van der Waals surface area contributed by atoms with Crippen LogP contribution in [0.3, 0.4) is 0 Å². The van der Waals surface area contributed by atoms with Gasteiger partial charge in [-0.2, -0.15) is 5.10 Å². The molecule has 1 saturated heterocycles. The molecule has 3 aromatic carbocycles. The van der Waals surface area contributed by atoms with Gasteiger partial charge < -0.3 is 10.2 Å². The SMILES string of the molecule is C1=CCC(C(c2ccccc2)(c2ccccc2)n2cc(-c3ccc4ncnc(N5CCNCC5)c4c3)cn2)C=C1. The molecule has 5 aromatic rings. The molecule has 1 aliphatic carbocycles. The fraction of sp³-hybridized carbons (Fsp3) is 0.206. The number of rotatable bonds is 6. The topological polar surface area (TPSA) is 58.9 Å². The average Bonchev–Trinajstić information content (AvgIpc) is 3.53. The number of aromatic nitrogens is 4. The lowest BCUT2D eigenvalue weighted by molar-refractivity contribution is 0.293. The third-order valence-corrected chi connectivity index (χ3v) is 8.25. The Labute approximate surface area is 234 Å². The molecule has 1 unspecified atom stereocenters. The molecule has 2 aromatic heterocycles. The van der Waals surface area contributed by atoms with E-state index in [0.29, 0.717) is 0 Å². The van der Waals surface area contributed by atoms with E-state index in [4.69, 9.17) is 10.1 Å². The molecule has 198 valence electrons. The number of fused-ring (bicyclic) bond motifs is 1. The third-order valence-electron chi connectivity index (χ3n) is 8.25. The number of nitrogens with zero attached hydrogens (tertiary/aromatic N) is 5. The van der Waals surface area contributed by atoms with E-state index in [1.165, 1.54) is 11.1 Å². The normalized spacial score (nSPS) is 17.4. The zero-order chi connectivity index (χ0) is 26.8. The first-order valence-corrected chi connectivity index (χ1v) is 14.0. The monoisotopic (exact) mass is 524 g/mol. The van der Waals surface area contributed by atoms with Gasteiger partial charge in [0.1, 0.15) is 17.7 Å². The van der Waals surface area contributed by atoms with Crippen molar-refractivity contribution in [2.75, 3.05) is 31.1 Å². The molecule has 1 atom stereocenters. The van der Waals surface area contributed by atoms with Crippen molar-refractivity contribution in [1.29, 1.82) is 0 Å². The van der Waals surface area contributed by atoms with E-state index in [9.17, 15) is 0 Å². The fourth-order valence-electron chi connectivity index (χ4n) is 6.32. The van der Waals surface area contributed by atoms with E-state index in [1.54, 1.807) is 6.33 Å². The van der Waals surface area contributed by atoms with E-state index < -0.39 is 5.54 Å². The lowest BCUT2D eigenvalue weighted by atomic mass is 9.70. The Morgan fingerprint density at radius 1 is 0.800 bits per heavy atom. The molecule has 0 saturated carbocycles. The molecule has 1 fully saturated rings. The minimum Gasteiger partial charge on any atom is -0.353 e. The van der Waals surface area contributed by atoms with Crippen LogP contribution in [-0.2, 0) is 5.54 Å². The van der Waals surface area contributed by atoms with Gasteiger partial charge in [0.15, 0.2) is 0 Å². The largest absolute Gasteiger partial charge is 0.353 e. The fourth-order valence-corrected chi connectivity index (χ4v) is 6.32. The second-order valence-electron chi connectivity index (χ2n) is 10.5. The van der Waals surface area contributed by atoms with Crippen molar-refractivity contribution in [2.45, 2.75) is 12.0 Å². The standard InChI is InChI=1S/C34H32N6/c1-4-10-28(11-5-1)34(29-12-6-2-7-13-29,30-14-8-3-9-15-30)40-24-27(23-38-40)26-16-17-32-31(22-26)33(37-25-36-32)39-20-18-35-19-21-39/h1-14,16-17,22-25,30,35H,15,18-21H2. The van der Waals surface area contributed by atoms with Crippen molar-refractivity contribution >= 4 is 16.7 Å². The predicted molar refractivity (Wildman–Crippen MR) is 161 cm³/mol. The van der Waals surface area contributed by atoms with Crippen LogP contribution < -0.4 is 10.2 Å². The Bertz CT molecular complexity index is 1630. The highest BCUT2D eigenvalue weighted by Crippen LogP contribution is 2.44. The zero-order valence-electron chi connectivity index (χ0n) is 22.4. The first-order chi connectivity index (χ1) is 19.8. The van der Waals surface area contributed by atoms with Gasteiger partial charge in [0.2, 0.25) is 0 Å². The minimum absolute atomic E-state index is 0.194. The van der Waals surface area contributed by atoms with Crippen molar-refractivity contribution in [3.8, 4) is 11.1 Å². The Morgan fingerprint density at radius 3 is 2.25 bits per heavy atom. The first kappa shape index (κ1) is 24.5. The van der Waals surface area contributed by atoms with Crippen LogP contribution in [-0.4, -0.2) is 45.9 Å². The van der Waals surface area contributed by atoms with E-state index >= 15 is 0 Å². The summed E-state index contributed by atoms with van der Waals surface area (Å²) in [4.78, 5) is 11.6. The van der Waals surface area contributed by atoms with Gasteiger partial charge in [-0.25, -0.2) is 9.97 Å². The molecule has 7 rings (SSSR count). The molecule has 6 heteroatoms. The summed E-state index contributed by atoms with van der Waals surface area (Å²) in [6, 6.07) is 28.1. The Kier molecular flexibility index (Phi) is 6.46. The lowest BCUT2D eigenvalue weighted by Crippen LogP contribution is -2.44. The first-order valence-electron chi connectivity index (χ1n) is 14.0. The molecule has 40 heavy (non-hydrogen) atoms. The van der Waals surface area contributed by atoms with Gasteiger partial charge in [0, 0.05) is 49.2 Å². The van der Waals surface area contributed by atoms with Crippen LogP contribution in [0.2, 0.25) is 0 Å². The van der Waals surface area contributed by atoms with Crippen molar-refractivity contribution in [2.24, 2.45) is 5.92 Å². The molecule has 1 N–H and O–H groups in total. The van der Waals surface area contributed by atoms with Crippen LogP contribution in [0.5, 0.6) is 0 Å². The van der Waals surface area contributed by atoms with Gasteiger partial charge in [-0.15, -0.1) is 0 Å². The van der Waals surface area contributed by atoms with Gasteiger partial charge in [0.05, 0.1) is 11.7 Å². The Balaban J connectivity index is 1.38. The molecule has 3 heterocycles. The van der Waals surface area contributed by atoms with Crippen LogP contribution >= 0.6 is 0 Å². The molecule has 1 aliphatic heterocycles. The number of benzene rings is 3. The highest BCUT2D eigenvalue weighted by Gasteiger charge is 2.43. The minimum atomic E-state index is -0.506. The summed E-state index contributed by atoms with van der Waals surface area (Å²) in [5.74, 6) is 1.20. The molecule has 0 spiro atoms. The number of hydrogen-bond acceptors (Lipinski definition) is 5. The summed E-state index contributed by atoms with van der Waals surface area (Å²) < 4.78 is 2.18. The number of hydrogen-bond donors (Lipinski definition) is 1. The predicted octanol–water partition coefficient (Wildman–Crippen LogP) is 5.83. The van der Waals surface area contributed by atoms with Gasteiger partial charge in [-0.3, -0.25) is 4.68 Å². The van der Waals surface area contributed by atoms with Crippen molar-refractivity contribution in [3.63, 3.8) is 0 Å². The summed E-state index contributed by atoms with van der Waals surface area (Å²) >= 11 is 0. The van der Waals surface area contributed by atoms with E-state index in [1.807, 2.05) is 6.20 Å². The molecule has 0 radical (unpaired) electrons. The molecule has 6 nitrogen and oxygen atoms in total. The maximum absolute atomic E-state index is 5.09. The highest BCUT2D eigenvalue weighted by atomic mass is 15.3. The van der Waals surface area contributed by atoms with Gasteiger partial charge in [0.25, 0.3) is 0 Å². The number of allylic oxidation sites excluding steroid dienone is 4. The summed E-state index contributed by atoms with van der Waals surface area (Å²) in [5, 5.41) is 9.61. The second kappa shape index (κ2) is 10.5. The van der Waals surface area contributed by atoms with Gasteiger partial charge >= 0.3 is 0 Å². The quantitative estimate of drug-likeness (QED) is 0.303. The zero-order valence-corrected chi connectivity index (χ0v) is 22.4. The van der Waals surface area contributed by atoms with Crippen molar-refractivity contribution in [1.82, 2.24) is 25.1 Å². The molecule has 0 amide bonds. The number of piperazine rings is 1. The van der Waals surface area contributed by atoms with Crippen LogP contribution in [0.15, 0.2) is 122 Å². The summed E-state index contributed by atoms with van der Waals surface area (Å²) in [5.41, 5.74) is 5.07. The summed E-state index contributed by atoms with van der Waals surface area (Å²) in [7, 11) is 0. The molecule has 2 aliphatic rings. The van der Waals surface area contributed by atoms with Crippen molar-refractivity contribution in [3.05, 3.63) is 133 Å². The maximum atomic E-state index is 5.09. The van der Waals surface area contributed by atoms with Crippen LogP contribution in [0.25, 0.3) is 22.0 Å². The average molecular weight is 525 g/mol. The molecule has 0 bridgehead atoms.